The maximum absolute atomic E-state index is 11.0. The number of aldehydes is 1. The number of rotatable bonds is 15. The number of benzene rings is 12. The van der Waals surface area contributed by atoms with E-state index in [9.17, 15) is 4.79 Å². The van der Waals surface area contributed by atoms with Crippen molar-refractivity contribution in [3.8, 4) is 67.5 Å². The van der Waals surface area contributed by atoms with E-state index in [4.69, 9.17) is 18.9 Å². The topological polar surface area (TPSA) is 69.3 Å². The number of hydrogen-bond donors (Lipinski definition) is 1. The van der Waals surface area contributed by atoms with Crippen molar-refractivity contribution < 1.29 is 23.7 Å². The third-order valence-electron chi connectivity index (χ3n) is 13.9. The molecule has 1 N–H and O–H groups in total. The van der Waals surface area contributed by atoms with E-state index in [0.717, 1.165) is 56.3 Å². The van der Waals surface area contributed by atoms with Crippen molar-refractivity contribution in [3.05, 3.63) is 331 Å². The number of ether oxygens (including phenoxy) is 4. The Morgan fingerprint density at radius 3 is 1.13 bits per heavy atom. The van der Waals surface area contributed by atoms with E-state index in [-0.39, 0.29) is 6.29 Å². The first-order valence-electron chi connectivity index (χ1n) is 27.8. The van der Waals surface area contributed by atoms with Gasteiger partial charge >= 0.3 is 0 Å². The molecule has 410 valence electrons. The Balaban J connectivity index is 0.000000143. The average molecular weight is 1160 g/mol. The Hall–Kier alpha value is -10.1. The fraction of sp³-hybridized carbons (Fsp3) is 0.0395. The summed E-state index contributed by atoms with van der Waals surface area (Å²) in [5.74, 6) is 2.98. The van der Waals surface area contributed by atoms with Crippen molar-refractivity contribution in [1.29, 1.82) is 0 Å². The van der Waals surface area contributed by atoms with Crippen molar-refractivity contribution in [2.75, 3.05) is 23.4 Å². The first kappa shape index (κ1) is 55.8. The zero-order valence-electron chi connectivity index (χ0n) is 46.0. The molecule has 1 saturated heterocycles. The van der Waals surface area contributed by atoms with Gasteiger partial charge in [-0.25, -0.2) is 0 Å². The zero-order chi connectivity index (χ0) is 57.1. The fourth-order valence-corrected chi connectivity index (χ4v) is 9.96. The van der Waals surface area contributed by atoms with Gasteiger partial charge in [-0.1, -0.05) is 210 Å². The quantitative estimate of drug-likeness (QED) is 0.103. The van der Waals surface area contributed by atoms with Crippen LogP contribution in [0.25, 0.3) is 44.5 Å². The highest BCUT2D eigenvalue weighted by atomic mass is 79.9. The molecule has 0 aliphatic carbocycles. The molecule has 1 aliphatic rings. The highest BCUT2D eigenvalue weighted by molar-refractivity contribution is 9.10. The average Bonchev–Trinajstić information content (AvgIpc) is 3.95. The third-order valence-corrected chi connectivity index (χ3v) is 14.4. The minimum Gasteiger partial charge on any atom is -0.457 e. The van der Waals surface area contributed by atoms with Gasteiger partial charge in [0, 0.05) is 50.1 Å². The smallest absolute Gasteiger partial charge is 0.184 e. The molecule has 0 saturated carbocycles. The van der Waals surface area contributed by atoms with Gasteiger partial charge in [-0.05, 0) is 160 Å². The molecule has 12 aromatic rings. The lowest BCUT2D eigenvalue weighted by Gasteiger charge is -2.26. The minimum absolute atomic E-state index is 0.236. The van der Waals surface area contributed by atoms with Crippen LogP contribution < -0.4 is 19.7 Å². The van der Waals surface area contributed by atoms with Crippen molar-refractivity contribution in [2.45, 2.75) is 6.29 Å². The van der Waals surface area contributed by atoms with E-state index in [1.54, 1.807) is 24.3 Å². The molecular weight excluding hydrogens is 1100 g/mol. The van der Waals surface area contributed by atoms with Crippen LogP contribution in [0.15, 0.2) is 320 Å². The molecule has 0 aromatic heterocycles. The molecule has 0 radical (unpaired) electrons. The molecule has 0 atom stereocenters. The van der Waals surface area contributed by atoms with Gasteiger partial charge in [0.15, 0.2) is 6.29 Å². The summed E-state index contributed by atoms with van der Waals surface area (Å²) >= 11 is 3.42. The van der Waals surface area contributed by atoms with Crippen molar-refractivity contribution in [2.24, 2.45) is 0 Å². The number of hydrogen-bond acceptors (Lipinski definition) is 7. The van der Waals surface area contributed by atoms with Crippen LogP contribution in [0.2, 0.25) is 0 Å². The molecule has 84 heavy (non-hydrogen) atoms. The van der Waals surface area contributed by atoms with E-state index in [1.165, 1.54) is 44.5 Å². The Kier molecular flexibility index (Phi) is 18.6. The molecule has 1 aliphatic heterocycles. The fourth-order valence-electron chi connectivity index (χ4n) is 9.58. The van der Waals surface area contributed by atoms with Crippen LogP contribution in [0.1, 0.15) is 22.2 Å². The molecule has 1 fully saturated rings. The second kappa shape index (κ2) is 28.1. The first-order chi connectivity index (χ1) is 41.5. The van der Waals surface area contributed by atoms with Gasteiger partial charge in [-0.2, -0.15) is 0 Å². The lowest BCUT2D eigenvalue weighted by Crippen LogP contribution is -2.10. The van der Waals surface area contributed by atoms with Gasteiger partial charge in [0.25, 0.3) is 0 Å². The number of anilines is 5. The van der Waals surface area contributed by atoms with Crippen molar-refractivity contribution >= 4 is 50.7 Å². The zero-order valence-corrected chi connectivity index (χ0v) is 47.5. The SMILES string of the molecule is Brc1cccc(Oc2ccc(C3OCCO3)cc2)c1.O=Cc1ccc(Oc2cccc(N(c3ccc(-c4ccccc4)cc3)c3ccc(-c4ccccc4)cc3)c2)cc1.c1ccc(-c2ccc(Nc3ccc(-c4ccccc4)cc3)cc2)cc1. The van der Waals surface area contributed by atoms with Crippen LogP contribution in [-0.4, -0.2) is 19.5 Å². The Labute approximate surface area is 499 Å². The van der Waals surface area contributed by atoms with Crippen molar-refractivity contribution in [1.82, 2.24) is 0 Å². The third kappa shape index (κ3) is 15.1. The van der Waals surface area contributed by atoms with E-state index in [2.05, 4.69) is 226 Å². The molecule has 0 unspecified atom stereocenters. The van der Waals surface area contributed by atoms with Crippen LogP contribution in [0.4, 0.5) is 28.4 Å². The number of halogens is 1. The second-order valence-electron chi connectivity index (χ2n) is 19.7. The summed E-state index contributed by atoms with van der Waals surface area (Å²) in [6, 6.07) is 107. The van der Waals surface area contributed by atoms with Crippen molar-refractivity contribution in [3.63, 3.8) is 0 Å². The maximum atomic E-state index is 11.0. The highest BCUT2D eigenvalue weighted by Gasteiger charge is 2.18. The maximum Gasteiger partial charge on any atom is 0.184 e. The Morgan fingerprint density at radius 2 is 0.726 bits per heavy atom. The summed E-state index contributed by atoms with van der Waals surface area (Å²) in [7, 11) is 0. The van der Waals surface area contributed by atoms with Gasteiger partial charge in [0.05, 0.1) is 13.2 Å². The molecule has 0 amide bonds. The second-order valence-corrected chi connectivity index (χ2v) is 20.6. The summed E-state index contributed by atoms with van der Waals surface area (Å²) < 4.78 is 23.8. The summed E-state index contributed by atoms with van der Waals surface area (Å²) in [5, 5.41) is 3.46. The molecular formula is C76H59BrN2O5. The predicted octanol–water partition coefficient (Wildman–Crippen LogP) is 21.1. The number of carbonyl (C=O) groups excluding carboxylic acids is 1. The number of carbonyl (C=O) groups is 1. The van der Waals surface area contributed by atoms with Crippen LogP contribution in [0.5, 0.6) is 23.0 Å². The van der Waals surface area contributed by atoms with Crippen LogP contribution in [0, 0.1) is 0 Å². The lowest BCUT2D eigenvalue weighted by atomic mass is 10.0. The Morgan fingerprint density at radius 1 is 0.357 bits per heavy atom. The van der Waals surface area contributed by atoms with Gasteiger partial charge in [-0.15, -0.1) is 0 Å². The molecule has 7 nitrogen and oxygen atoms in total. The molecule has 1 heterocycles. The standard InChI is InChI=1S/C37H27NO2.C24H19N.C15H13BrO3/c39-27-28-14-24-36(25-15-28)40-37-13-7-12-35(26-37)38(33-20-16-31(17-21-33)29-8-3-1-4-9-29)34-22-18-32(19-23-34)30-10-5-2-6-11-30;1-3-7-19(8-4-1)21-11-15-23(16-12-21)25-24-17-13-22(14-18-24)20-9-5-2-6-10-20;16-12-2-1-3-14(10-12)19-13-6-4-11(5-7-13)15-17-8-9-18-15/h1-27H;1-18,25H;1-7,10,15H,8-9H2. The molecule has 0 bridgehead atoms. The van der Waals surface area contributed by atoms with E-state index >= 15 is 0 Å². The largest absolute Gasteiger partial charge is 0.457 e. The van der Waals surface area contributed by atoms with Crippen LogP contribution >= 0.6 is 15.9 Å². The summed E-state index contributed by atoms with van der Waals surface area (Å²) in [5.41, 5.74) is 16.5. The number of nitrogens with zero attached hydrogens (tertiary/aromatic N) is 1. The lowest BCUT2D eigenvalue weighted by molar-refractivity contribution is -0.0441. The van der Waals surface area contributed by atoms with Gasteiger partial charge < -0.3 is 29.2 Å². The van der Waals surface area contributed by atoms with E-state index < -0.39 is 0 Å². The van der Waals surface area contributed by atoms with Gasteiger partial charge in [-0.3, -0.25) is 4.79 Å². The van der Waals surface area contributed by atoms with Crippen LogP contribution in [-0.2, 0) is 9.47 Å². The van der Waals surface area contributed by atoms with Gasteiger partial charge in [0.2, 0.25) is 0 Å². The Bertz CT molecular complexity index is 3800. The minimum atomic E-state index is -0.236. The summed E-state index contributed by atoms with van der Waals surface area (Å²) in [6.07, 6.45) is 0.592. The van der Waals surface area contributed by atoms with Gasteiger partial charge in [0.1, 0.15) is 29.3 Å². The van der Waals surface area contributed by atoms with E-state index in [0.29, 0.717) is 30.3 Å². The number of nitrogens with one attached hydrogen (secondary N) is 1. The normalized spacial score (nSPS) is 11.7. The highest BCUT2D eigenvalue weighted by Crippen LogP contribution is 2.39. The molecule has 13 rings (SSSR count). The van der Waals surface area contributed by atoms with Crippen LogP contribution in [0.3, 0.4) is 0 Å². The predicted molar refractivity (Wildman–Crippen MR) is 346 cm³/mol. The summed E-state index contributed by atoms with van der Waals surface area (Å²) in [6.45, 7) is 1.31. The van der Waals surface area contributed by atoms with E-state index in [1.807, 2.05) is 91.0 Å². The molecule has 8 heteroatoms. The monoisotopic (exact) mass is 1160 g/mol. The first-order valence-corrected chi connectivity index (χ1v) is 28.5. The summed E-state index contributed by atoms with van der Waals surface area (Å²) in [4.78, 5) is 13.3. The molecule has 0 spiro atoms. The molecule has 12 aromatic carbocycles.